The van der Waals surface area contributed by atoms with E-state index in [-0.39, 0.29) is 30.9 Å². The summed E-state index contributed by atoms with van der Waals surface area (Å²) in [5.41, 5.74) is 2.51. The van der Waals surface area contributed by atoms with Gasteiger partial charge in [-0.2, -0.15) is 0 Å². The molecule has 9 nitrogen and oxygen atoms in total. The number of nitrogens with zero attached hydrogens (tertiary/aromatic N) is 1. The van der Waals surface area contributed by atoms with Crippen molar-refractivity contribution in [2.45, 2.75) is 51.0 Å². The molecule has 2 aromatic carbocycles. The van der Waals surface area contributed by atoms with E-state index < -0.39 is 18.0 Å². The van der Waals surface area contributed by atoms with Crippen LogP contribution in [0.3, 0.4) is 0 Å². The molecule has 3 aliphatic rings. The molecular weight excluding hydrogens is 426 g/mol. The van der Waals surface area contributed by atoms with Crippen molar-refractivity contribution in [3.63, 3.8) is 0 Å². The molecule has 2 N–H and O–H groups in total. The summed E-state index contributed by atoms with van der Waals surface area (Å²) in [7, 11) is 0. The van der Waals surface area contributed by atoms with Gasteiger partial charge in [-0.25, -0.2) is 4.79 Å². The summed E-state index contributed by atoms with van der Waals surface area (Å²) >= 11 is 0. The number of carbonyl (C=O) groups excluding carboxylic acids is 4. The summed E-state index contributed by atoms with van der Waals surface area (Å²) in [6, 6.07) is 11.7. The number of hydrogen-bond acceptors (Lipinski definition) is 6. The zero-order valence-electron chi connectivity index (χ0n) is 17.8. The maximum Gasteiger partial charge on any atom is 0.411 e. The van der Waals surface area contributed by atoms with Gasteiger partial charge in [-0.15, -0.1) is 0 Å². The highest BCUT2D eigenvalue weighted by Gasteiger charge is 2.39. The number of piperidine rings is 1. The zero-order valence-corrected chi connectivity index (χ0v) is 17.8. The van der Waals surface area contributed by atoms with Gasteiger partial charge in [0, 0.05) is 30.3 Å². The average molecular weight is 449 g/mol. The van der Waals surface area contributed by atoms with Crippen molar-refractivity contribution in [3.05, 3.63) is 59.2 Å². The maximum absolute atomic E-state index is 12.9. The third-order valence-corrected chi connectivity index (χ3v) is 5.87. The Hall–Kier alpha value is -3.88. The summed E-state index contributed by atoms with van der Waals surface area (Å²) in [6.45, 7) is 0.296. The van der Waals surface area contributed by atoms with Crippen LogP contribution in [-0.2, 0) is 27.5 Å². The molecule has 2 fully saturated rings. The highest BCUT2D eigenvalue weighted by atomic mass is 16.5. The molecule has 1 saturated carbocycles. The van der Waals surface area contributed by atoms with E-state index in [2.05, 4.69) is 10.6 Å². The summed E-state index contributed by atoms with van der Waals surface area (Å²) in [5, 5.41) is 4.97. The maximum atomic E-state index is 12.9. The molecule has 2 aliphatic heterocycles. The number of nitrogens with one attached hydrogen (secondary N) is 2. The molecular formula is C24H23N3O6. The van der Waals surface area contributed by atoms with Crippen LogP contribution in [0.4, 0.5) is 10.5 Å². The fraction of sp³-hybridized carbons (Fsp3) is 0.333. The Kier molecular flexibility index (Phi) is 5.45. The van der Waals surface area contributed by atoms with Crippen LogP contribution in [0.5, 0.6) is 5.75 Å². The van der Waals surface area contributed by atoms with Crippen LogP contribution in [0.1, 0.15) is 47.2 Å². The van der Waals surface area contributed by atoms with Crippen LogP contribution < -0.4 is 15.4 Å². The average Bonchev–Trinajstić information content (AvgIpc) is 3.55. The fourth-order valence-corrected chi connectivity index (χ4v) is 4.02. The Bertz CT molecular complexity index is 1140. The third-order valence-electron chi connectivity index (χ3n) is 5.87. The fourth-order valence-electron chi connectivity index (χ4n) is 4.02. The quantitative estimate of drug-likeness (QED) is 0.656. The van der Waals surface area contributed by atoms with Gasteiger partial charge in [0.2, 0.25) is 11.8 Å². The number of fused-ring (bicyclic) bond motifs is 1. The molecule has 1 aliphatic carbocycles. The normalized spacial score (nSPS) is 19.7. The predicted molar refractivity (Wildman–Crippen MR) is 116 cm³/mol. The molecule has 5 rings (SSSR count). The van der Waals surface area contributed by atoms with Gasteiger partial charge in [0.15, 0.2) is 0 Å². The highest BCUT2D eigenvalue weighted by molar-refractivity contribution is 6.05. The molecule has 0 aromatic heterocycles. The van der Waals surface area contributed by atoms with Crippen LogP contribution in [0, 0.1) is 0 Å². The topological polar surface area (TPSA) is 114 Å². The van der Waals surface area contributed by atoms with Gasteiger partial charge < -0.3 is 14.4 Å². The lowest BCUT2D eigenvalue weighted by Crippen LogP contribution is -2.52. The first-order chi connectivity index (χ1) is 16.0. The Morgan fingerprint density at radius 2 is 1.94 bits per heavy atom. The lowest BCUT2D eigenvalue weighted by molar-refractivity contribution is -0.136. The summed E-state index contributed by atoms with van der Waals surface area (Å²) in [4.78, 5) is 50.2. The number of anilines is 1. The van der Waals surface area contributed by atoms with Crippen molar-refractivity contribution in [2.24, 2.45) is 0 Å². The van der Waals surface area contributed by atoms with Crippen LogP contribution in [0.15, 0.2) is 42.5 Å². The molecule has 0 bridgehead atoms. The van der Waals surface area contributed by atoms with Crippen molar-refractivity contribution in [2.75, 3.05) is 5.32 Å². The van der Waals surface area contributed by atoms with E-state index in [1.165, 1.54) is 4.90 Å². The number of carbonyl (C=O) groups is 4. The minimum Gasteiger partial charge on any atom is -0.490 e. The molecule has 0 spiro atoms. The summed E-state index contributed by atoms with van der Waals surface area (Å²) in [5.74, 6) is -0.328. The molecule has 1 unspecified atom stereocenters. The Labute approximate surface area is 190 Å². The van der Waals surface area contributed by atoms with E-state index in [1.807, 2.05) is 6.07 Å². The molecule has 33 heavy (non-hydrogen) atoms. The number of hydrogen-bond donors (Lipinski definition) is 2. The van der Waals surface area contributed by atoms with Gasteiger partial charge in [0.25, 0.3) is 5.91 Å². The van der Waals surface area contributed by atoms with Crippen molar-refractivity contribution in [1.82, 2.24) is 10.2 Å². The van der Waals surface area contributed by atoms with E-state index in [1.54, 1.807) is 36.4 Å². The lowest BCUT2D eigenvalue weighted by atomic mass is 10.0. The molecule has 9 heteroatoms. The molecule has 1 atom stereocenters. The number of ether oxygens (including phenoxy) is 2. The molecule has 4 amide bonds. The molecule has 2 aromatic rings. The first-order valence-electron chi connectivity index (χ1n) is 10.9. The molecule has 2 heterocycles. The second-order valence-electron chi connectivity index (χ2n) is 8.44. The monoisotopic (exact) mass is 449 g/mol. The molecule has 1 saturated heterocycles. The van der Waals surface area contributed by atoms with Crippen LogP contribution >= 0.6 is 0 Å². The van der Waals surface area contributed by atoms with Crippen molar-refractivity contribution in [1.29, 1.82) is 0 Å². The van der Waals surface area contributed by atoms with Gasteiger partial charge >= 0.3 is 6.09 Å². The van der Waals surface area contributed by atoms with E-state index in [9.17, 15) is 19.2 Å². The lowest BCUT2D eigenvalue weighted by Gasteiger charge is -2.29. The Balaban J connectivity index is 1.18. The van der Waals surface area contributed by atoms with E-state index in [4.69, 9.17) is 9.47 Å². The van der Waals surface area contributed by atoms with E-state index >= 15 is 0 Å². The molecule has 170 valence electrons. The number of amides is 4. The minimum atomic E-state index is -0.660. The Morgan fingerprint density at radius 1 is 1.09 bits per heavy atom. The first-order valence-corrected chi connectivity index (χ1v) is 10.9. The summed E-state index contributed by atoms with van der Waals surface area (Å²) < 4.78 is 11.0. The number of rotatable bonds is 6. The van der Waals surface area contributed by atoms with Gasteiger partial charge in [-0.1, -0.05) is 18.2 Å². The van der Waals surface area contributed by atoms with Crippen molar-refractivity contribution in [3.8, 4) is 5.75 Å². The third kappa shape index (κ3) is 4.67. The number of imide groups is 1. The van der Waals surface area contributed by atoms with Gasteiger partial charge in [-0.05, 0) is 48.6 Å². The molecule has 0 radical (unpaired) electrons. The zero-order chi connectivity index (χ0) is 22.9. The van der Waals surface area contributed by atoms with E-state index in [0.29, 0.717) is 35.5 Å². The van der Waals surface area contributed by atoms with Crippen LogP contribution in [0.2, 0.25) is 0 Å². The second-order valence-corrected chi connectivity index (χ2v) is 8.44. The Morgan fingerprint density at radius 3 is 2.73 bits per heavy atom. The largest absolute Gasteiger partial charge is 0.490 e. The summed E-state index contributed by atoms with van der Waals surface area (Å²) in [6.07, 6.45) is 2.27. The van der Waals surface area contributed by atoms with Crippen molar-refractivity contribution >= 4 is 29.5 Å². The second kappa shape index (κ2) is 8.57. The van der Waals surface area contributed by atoms with Gasteiger partial charge in [0.1, 0.15) is 18.4 Å². The highest BCUT2D eigenvalue weighted by Crippen LogP contribution is 2.29. The van der Waals surface area contributed by atoms with Crippen molar-refractivity contribution < 1.29 is 28.7 Å². The smallest absolute Gasteiger partial charge is 0.411 e. The number of benzene rings is 2. The first kappa shape index (κ1) is 21.0. The van der Waals surface area contributed by atoms with Gasteiger partial charge in [-0.3, -0.25) is 25.0 Å². The van der Waals surface area contributed by atoms with Gasteiger partial charge in [0.05, 0.1) is 6.10 Å². The van der Waals surface area contributed by atoms with Crippen LogP contribution in [-0.4, -0.2) is 40.9 Å². The SMILES string of the molecule is O=C1CCC(N2Cc3ccc(COC(=O)Nc4cccc(OC5CC5)c4)cc3C2=O)C(=O)N1. The minimum absolute atomic E-state index is 0.0108. The van der Waals surface area contributed by atoms with E-state index in [0.717, 1.165) is 18.4 Å². The predicted octanol–water partition coefficient (Wildman–Crippen LogP) is 2.74. The van der Waals surface area contributed by atoms with Crippen LogP contribution in [0.25, 0.3) is 0 Å². The standard InChI is InChI=1S/C24H23N3O6/c28-21-9-8-20(22(29)26-21)27-12-15-5-4-14(10-19(15)23(27)30)13-32-24(31)25-16-2-1-3-18(11-16)33-17-6-7-17/h1-5,10-11,17,20H,6-9,12-13H2,(H,25,31)(H,26,28,29).